The molecule has 0 saturated carbocycles. The Morgan fingerprint density at radius 3 is 3.00 bits per heavy atom. The number of aryl methyl sites for hydroxylation is 1. The van der Waals surface area contributed by atoms with E-state index in [0.29, 0.717) is 18.3 Å². The summed E-state index contributed by atoms with van der Waals surface area (Å²) in [4.78, 5) is 2.44. The Bertz CT molecular complexity index is 628. The van der Waals surface area contributed by atoms with Gasteiger partial charge >= 0.3 is 0 Å². The van der Waals surface area contributed by atoms with Crippen LogP contribution in [0.3, 0.4) is 0 Å². The number of benzene rings is 1. The predicted molar refractivity (Wildman–Crippen MR) is 87.8 cm³/mol. The van der Waals surface area contributed by atoms with Crippen LogP contribution in [0.4, 0.5) is 4.39 Å². The highest BCUT2D eigenvalue weighted by atomic mass is 19.1. The van der Waals surface area contributed by atoms with Gasteiger partial charge in [0.2, 0.25) is 0 Å². The molecule has 2 heterocycles. The molecule has 1 unspecified atom stereocenters. The summed E-state index contributed by atoms with van der Waals surface area (Å²) in [5, 5.41) is 4.33. The van der Waals surface area contributed by atoms with Gasteiger partial charge in [0.15, 0.2) is 11.6 Å². The van der Waals surface area contributed by atoms with Gasteiger partial charge in [-0.05, 0) is 38.4 Å². The van der Waals surface area contributed by atoms with E-state index in [9.17, 15) is 4.39 Å². The summed E-state index contributed by atoms with van der Waals surface area (Å²) < 4.78 is 21.2. The van der Waals surface area contributed by atoms with Crippen LogP contribution in [0.5, 0.6) is 5.75 Å². The molecule has 1 atom stereocenters. The number of nitrogens with zero attached hydrogens (tertiary/aromatic N) is 3. The van der Waals surface area contributed by atoms with Gasteiger partial charge in [0, 0.05) is 37.3 Å². The van der Waals surface area contributed by atoms with Crippen molar-refractivity contribution in [1.82, 2.24) is 14.7 Å². The Morgan fingerprint density at radius 2 is 2.22 bits per heavy atom. The van der Waals surface area contributed by atoms with Gasteiger partial charge in [0.1, 0.15) is 0 Å². The van der Waals surface area contributed by atoms with Crippen molar-refractivity contribution >= 4 is 0 Å². The van der Waals surface area contributed by atoms with Gasteiger partial charge in [-0.2, -0.15) is 5.10 Å². The lowest BCUT2D eigenvalue weighted by Gasteiger charge is -2.32. The predicted octanol–water partition coefficient (Wildman–Crippen LogP) is 3.33. The fraction of sp³-hybridized carbons (Fsp3) is 0.500. The van der Waals surface area contributed by atoms with Crippen molar-refractivity contribution in [2.45, 2.75) is 32.9 Å². The lowest BCUT2D eigenvalue weighted by atomic mass is 9.98. The van der Waals surface area contributed by atoms with Gasteiger partial charge in [0.25, 0.3) is 0 Å². The molecule has 0 N–H and O–H groups in total. The molecule has 23 heavy (non-hydrogen) atoms. The van der Waals surface area contributed by atoms with Crippen molar-refractivity contribution in [3.05, 3.63) is 48.0 Å². The van der Waals surface area contributed by atoms with Gasteiger partial charge in [0.05, 0.1) is 12.8 Å². The first-order chi connectivity index (χ1) is 11.2. The molecule has 0 amide bonds. The maximum atomic E-state index is 13.6. The SMILES string of the molecule is CCn1cc(CN2CCCC(COc3ccccc3F)C2)cn1. The van der Waals surface area contributed by atoms with Crippen LogP contribution in [0.2, 0.25) is 0 Å². The average molecular weight is 317 g/mol. The molecular formula is C18H24FN3O. The highest BCUT2D eigenvalue weighted by Crippen LogP contribution is 2.21. The number of hydrogen-bond acceptors (Lipinski definition) is 3. The zero-order valence-electron chi connectivity index (χ0n) is 13.6. The summed E-state index contributed by atoms with van der Waals surface area (Å²) in [7, 11) is 0. The lowest BCUT2D eigenvalue weighted by molar-refractivity contribution is 0.123. The molecule has 1 aromatic carbocycles. The number of hydrogen-bond donors (Lipinski definition) is 0. The van der Waals surface area contributed by atoms with Crippen molar-refractivity contribution in [3.63, 3.8) is 0 Å². The van der Waals surface area contributed by atoms with E-state index in [1.807, 2.05) is 10.9 Å². The third-order valence-electron chi connectivity index (χ3n) is 4.33. The maximum Gasteiger partial charge on any atom is 0.165 e. The largest absolute Gasteiger partial charge is 0.490 e. The number of likely N-dealkylation sites (tertiary alicyclic amines) is 1. The van der Waals surface area contributed by atoms with Crippen LogP contribution in [0.15, 0.2) is 36.7 Å². The summed E-state index contributed by atoms with van der Waals surface area (Å²) in [6, 6.07) is 6.61. The van der Waals surface area contributed by atoms with Crippen LogP contribution in [-0.2, 0) is 13.1 Å². The third kappa shape index (κ3) is 4.32. The van der Waals surface area contributed by atoms with Crippen LogP contribution < -0.4 is 4.74 Å². The van der Waals surface area contributed by atoms with E-state index < -0.39 is 0 Å². The second-order valence-corrected chi connectivity index (χ2v) is 6.19. The summed E-state index contributed by atoms with van der Waals surface area (Å²) >= 11 is 0. The first kappa shape index (κ1) is 16.0. The Morgan fingerprint density at radius 1 is 1.35 bits per heavy atom. The topological polar surface area (TPSA) is 30.3 Å². The number of rotatable bonds is 6. The molecule has 0 spiro atoms. The molecule has 1 saturated heterocycles. The number of para-hydroxylation sites is 1. The van der Waals surface area contributed by atoms with Crippen LogP contribution in [-0.4, -0.2) is 34.4 Å². The molecule has 3 rings (SSSR count). The zero-order valence-corrected chi connectivity index (χ0v) is 13.6. The molecule has 1 aliphatic rings. The van der Waals surface area contributed by atoms with Crippen LogP contribution in [0.25, 0.3) is 0 Å². The number of halogens is 1. The van der Waals surface area contributed by atoms with E-state index >= 15 is 0 Å². The molecule has 1 aromatic heterocycles. The molecule has 4 nitrogen and oxygen atoms in total. The van der Waals surface area contributed by atoms with Crippen LogP contribution in [0.1, 0.15) is 25.3 Å². The molecule has 124 valence electrons. The first-order valence-corrected chi connectivity index (χ1v) is 8.35. The molecular weight excluding hydrogens is 293 g/mol. The summed E-state index contributed by atoms with van der Waals surface area (Å²) in [6.07, 6.45) is 6.36. The minimum Gasteiger partial charge on any atom is -0.490 e. The Balaban J connectivity index is 1.51. The Labute approximate surface area is 136 Å². The maximum absolute atomic E-state index is 13.6. The second-order valence-electron chi connectivity index (χ2n) is 6.19. The molecule has 2 aromatic rings. The second kappa shape index (κ2) is 7.59. The van der Waals surface area contributed by atoms with Gasteiger partial charge in [-0.1, -0.05) is 12.1 Å². The number of piperidine rings is 1. The monoisotopic (exact) mass is 317 g/mol. The van der Waals surface area contributed by atoms with Gasteiger partial charge in [-0.3, -0.25) is 9.58 Å². The van der Waals surface area contributed by atoms with E-state index in [2.05, 4.69) is 23.1 Å². The molecule has 1 aliphatic heterocycles. The fourth-order valence-corrected chi connectivity index (χ4v) is 3.12. The van der Waals surface area contributed by atoms with Crippen molar-refractivity contribution in [2.24, 2.45) is 5.92 Å². The molecule has 0 radical (unpaired) electrons. The highest BCUT2D eigenvalue weighted by molar-refractivity contribution is 5.23. The first-order valence-electron chi connectivity index (χ1n) is 8.35. The van der Waals surface area contributed by atoms with E-state index in [-0.39, 0.29) is 5.82 Å². The lowest BCUT2D eigenvalue weighted by Crippen LogP contribution is -2.37. The molecule has 0 bridgehead atoms. The number of ether oxygens (including phenoxy) is 1. The minimum atomic E-state index is -0.285. The quantitative estimate of drug-likeness (QED) is 0.818. The van der Waals surface area contributed by atoms with Crippen LogP contribution >= 0.6 is 0 Å². The van der Waals surface area contributed by atoms with E-state index in [0.717, 1.165) is 39.0 Å². The van der Waals surface area contributed by atoms with Crippen LogP contribution in [0, 0.1) is 11.7 Å². The number of aromatic nitrogens is 2. The van der Waals surface area contributed by atoms with Gasteiger partial charge in [-0.15, -0.1) is 0 Å². The molecule has 0 aliphatic carbocycles. The minimum absolute atomic E-state index is 0.285. The van der Waals surface area contributed by atoms with Gasteiger partial charge in [-0.25, -0.2) is 4.39 Å². The molecule has 1 fully saturated rings. The Hall–Kier alpha value is -1.88. The standard InChI is InChI=1S/C18H24FN3O/c1-2-22-13-16(10-20-22)12-21-9-5-6-15(11-21)14-23-18-8-4-3-7-17(18)19/h3-4,7-8,10,13,15H,2,5-6,9,11-12,14H2,1H3. The summed E-state index contributed by atoms with van der Waals surface area (Å²) in [5.74, 6) is 0.519. The van der Waals surface area contributed by atoms with Crippen molar-refractivity contribution in [2.75, 3.05) is 19.7 Å². The summed E-state index contributed by atoms with van der Waals surface area (Å²) in [5.41, 5.74) is 1.25. The van der Waals surface area contributed by atoms with E-state index in [1.54, 1.807) is 18.2 Å². The Kier molecular flexibility index (Phi) is 5.28. The molecule has 5 heteroatoms. The normalized spacial score (nSPS) is 19.0. The smallest absolute Gasteiger partial charge is 0.165 e. The third-order valence-corrected chi connectivity index (χ3v) is 4.33. The zero-order chi connectivity index (χ0) is 16.1. The fourth-order valence-electron chi connectivity index (χ4n) is 3.12. The van der Waals surface area contributed by atoms with E-state index in [4.69, 9.17) is 4.74 Å². The average Bonchev–Trinajstić information content (AvgIpc) is 3.02. The highest BCUT2D eigenvalue weighted by Gasteiger charge is 2.21. The van der Waals surface area contributed by atoms with E-state index in [1.165, 1.54) is 11.6 Å². The van der Waals surface area contributed by atoms with Gasteiger partial charge < -0.3 is 4.74 Å². The van der Waals surface area contributed by atoms with Crippen molar-refractivity contribution in [3.8, 4) is 5.75 Å². The summed E-state index contributed by atoms with van der Waals surface area (Å²) in [6.45, 7) is 6.59. The van der Waals surface area contributed by atoms with Crippen molar-refractivity contribution in [1.29, 1.82) is 0 Å². The van der Waals surface area contributed by atoms with Crippen molar-refractivity contribution < 1.29 is 9.13 Å².